The molecule has 3 nitrogen and oxygen atoms in total. The first-order valence-corrected chi connectivity index (χ1v) is 8.96. The molecule has 0 atom stereocenters. The topological polar surface area (TPSA) is 21.1 Å². The minimum atomic E-state index is 1.01. The average molecular weight is 321 g/mol. The van der Waals surface area contributed by atoms with Crippen molar-refractivity contribution < 1.29 is 0 Å². The van der Waals surface area contributed by atoms with Gasteiger partial charge < -0.3 is 4.57 Å². The molecule has 0 radical (unpaired) electrons. The molecule has 0 spiro atoms. The molecule has 1 heterocycles. The van der Waals surface area contributed by atoms with Gasteiger partial charge in [0.05, 0.1) is 11.0 Å². The lowest BCUT2D eigenvalue weighted by Gasteiger charge is -2.21. The van der Waals surface area contributed by atoms with Gasteiger partial charge in [-0.25, -0.2) is 4.98 Å². The van der Waals surface area contributed by atoms with Crippen LogP contribution in [-0.2, 0) is 13.6 Å². The summed E-state index contributed by atoms with van der Waals surface area (Å²) in [4.78, 5) is 7.36. The van der Waals surface area contributed by atoms with Gasteiger partial charge in [-0.3, -0.25) is 4.90 Å². The van der Waals surface area contributed by atoms with E-state index in [0.717, 1.165) is 31.0 Å². The van der Waals surface area contributed by atoms with Gasteiger partial charge in [-0.15, -0.1) is 0 Å². The number of benzene rings is 2. The molecule has 0 saturated carbocycles. The first kappa shape index (κ1) is 16.7. The zero-order chi connectivity index (χ0) is 16.9. The zero-order valence-electron chi connectivity index (χ0n) is 15.0. The van der Waals surface area contributed by atoms with Gasteiger partial charge in [-0.2, -0.15) is 0 Å². The molecule has 24 heavy (non-hydrogen) atoms. The summed E-state index contributed by atoms with van der Waals surface area (Å²) in [6.07, 6.45) is 2.40. The summed E-state index contributed by atoms with van der Waals surface area (Å²) in [7, 11) is 2.10. The molecule has 3 aromatic rings. The Balaban J connectivity index is 1.90. The van der Waals surface area contributed by atoms with E-state index in [2.05, 4.69) is 72.8 Å². The summed E-state index contributed by atoms with van der Waals surface area (Å²) >= 11 is 0. The van der Waals surface area contributed by atoms with E-state index in [4.69, 9.17) is 4.98 Å². The van der Waals surface area contributed by atoms with Crippen LogP contribution in [0.15, 0.2) is 48.5 Å². The average Bonchev–Trinajstić information content (AvgIpc) is 2.93. The van der Waals surface area contributed by atoms with Crippen molar-refractivity contribution in [1.29, 1.82) is 0 Å². The van der Waals surface area contributed by atoms with Crippen molar-refractivity contribution in [3.8, 4) is 11.4 Å². The normalized spacial score (nSPS) is 11.5. The number of fused-ring (bicyclic) bond motifs is 1. The Morgan fingerprint density at radius 2 is 1.71 bits per heavy atom. The van der Waals surface area contributed by atoms with Crippen LogP contribution in [-0.4, -0.2) is 27.5 Å². The first-order valence-electron chi connectivity index (χ1n) is 8.96. The van der Waals surface area contributed by atoms with E-state index in [1.807, 2.05) is 6.07 Å². The third kappa shape index (κ3) is 3.51. The van der Waals surface area contributed by atoms with Gasteiger partial charge in [0.2, 0.25) is 0 Å². The molecular formula is C21H27N3. The van der Waals surface area contributed by atoms with Gasteiger partial charge in [-0.1, -0.05) is 44.2 Å². The Bertz CT molecular complexity index is 798. The van der Waals surface area contributed by atoms with E-state index in [1.54, 1.807) is 0 Å². The lowest BCUT2D eigenvalue weighted by molar-refractivity contribution is 0.266. The molecular weight excluding hydrogens is 294 g/mol. The molecule has 0 saturated heterocycles. The van der Waals surface area contributed by atoms with Crippen LogP contribution in [0.5, 0.6) is 0 Å². The quantitative estimate of drug-likeness (QED) is 0.619. The lowest BCUT2D eigenvalue weighted by Crippen LogP contribution is -2.24. The molecule has 0 fully saturated rings. The van der Waals surface area contributed by atoms with Crippen molar-refractivity contribution in [3.63, 3.8) is 0 Å². The van der Waals surface area contributed by atoms with Crippen molar-refractivity contribution in [2.24, 2.45) is 7.05 Å². The fourth-order valence-electron chi connectivity index (χ4n) is 3.37. The summed E-state index contributed by atoms with van der Waals surface area (Å²) < 4.78 is 2.18. The van der Waals surface area contributed by atoms with E-state index in [1.165, 1.54) is 29.5 Å². The third-order valence-corrected chi connectivity index (χ3v) is 4.46. The van der Waals surface area contributed by atoms with Gasteiger partial charge in [0.1, 0.15) is 5.82 Å². The van der Waals surface area contributed by atoms with Crippen molar-refractivity contribution in [1.82, 2.24) is 14.5 Å². The summed E-state index contributed by atoms with van der Waals surface area (Å²) in [6, 6.07) is 17.1. The summed E-state index contributed by atoms with van der Waals surface area (Å²) in [5.41, 5.74) is 4.79. The van der Waals surface area contributed by atoms with Crippen molar-refractivity contribution in [2.75, 3.05) is 13.1 Å². The Hall–Kier alpha value is -2.13. The standard InChI is InChI=1S/C21H27N3/c1-4-13-24(14-5-2)16-17-9-8-10-18(15-17)21-22-19-11-6-7-12-20(19)23(21)3/h6-12,15H,4-5,13-14,16H2,1-3H3. The lowest BCUT2D eigenvalue weighted by atomic mass is 10.1. The molecule has 2 aromatic carbocycles. The molecule has 0 amide bonds. The van der Waals surface area contributed by atoms with Crippen molar-refractivity contribution >= 4 is 11.0 Å². The number of hydrogen-bond donors (Lipinski definition) is 0. The Morgan fingerprint density at radius 1 is 0.958 bits per heavy atom. The van der Waals surface area contributed by atoms with Gasteiger partial charge in [0.25, 0.3) is 0 Å². The number of aromatic nitrogens is 2. The maximum atomic E-state index is 4.82. The van der Waals surface area contributed by atoms with Gasteiger partial charge in [0, 0.05) is 19.2 Å². The highest BCUT2D eigenvalue weighted by molar-refractivity contribution is 5.80. The second-order valence-corrected chi connectivity index (χ2v) is 6.46. The third-order valence-electron chi connectivity index (χ3n) is 4.46. The van der Waals surface area contributed by atoms with Crippen LogP contribution in [0.1, 0.15) is 32.3 Å². The van der Waals surface area contributed by atoms with E-state index < -0.39 is 0 Å². The second-order valence-electron chi connectivity index (χ2n) is 6.46. The fourth-order valence-corrected chi connectivity index (χ4v) is 3.37. The number of hydrogen-bond acceptors (Lipinski definition) is 2. The van der Waals surface area contributed by atoms with Crippen LogP contribution in [0.25, 0.3) is 22.4 Å². The minimum Gasteiger partial charge on any atom is -0.327 e. The number of nitrogens with zero attached hydrogens (tertiary/aromatic N) is 3. The predicted molar refractivity (Wildman–Crippen MR) is 102 cm³/mol. The first-order chi connectivity index (χ1) is 11.7. The Kier molecular flexibility index (Phi) is 5.31. The SMILES string of the molecule is CCCN(CCC)Cc1cccc(-c2nc3ccccc3n2C)c1. The van der Waals surface area contributed by atoms with Crippen molar-refractivity contribution in [3.05, 3.63) is 54.1 Å². The van der Waals surface area contributed by atoms with Crippen LogP contribution in [0.3, 0.4) is 0 Å². The number of aryl methyl sites for hydroxylation is 1. The highest BCUT2D eigenvalue weighted by Gasteiger charge is 2.11. The van der Waals surface area contributed by atoms with E-state index in [9.17, 15) is 0 Å². The minimum absolute atomic E-state index is 1.01. The molecule has 0 bridgehead atoms. The Morgan fingerprint density at radius 3 is 2.42 bits per heavy atom. The van der Waals surface area contributed by atoms with Gasteiger partial charge in [0.15, 0.2) is 0 Å². The van der Waals surface area contributed by atoms with Gasteiger partial charge in [-0.05, 0) is 49.7 Å². The van der Waals surface area contributed by atoms with E-state index in [0.29, 0.717) is 0 Å². The van der Waals surface area contributed by atoms with E-state index >= 15 is 0 Å². The highest BCUT2D eigenvalue weighted by atomic mass is 15.1. The molecule has 3 heteroatoms. The maximum absolute atomic E-state index is 4.82. The maximum Gasteiger partial charge on any atom is 0.140 e. The van der Waals surface area contributed by atoms with Crippen LogP contribution >= 0.6 is 0 Å². The van der Waals surface area contributed by atoms with E-state index in [-0.39, 0.29) is 0 Å². The monoisotopic (exact) mass is 321 g/mol. The smallest absolute Gasteiger partial charge is 0.140 e. The molecule has 0 unspecified atom stereocenters. The summed E-state index contributed by atoms with van der Waals surface area (Å²) in [6.45, 7) is 7.82. The molecule has 0 N–H and O–H groups in total. The zero-order valence-corrected chi connectivity index (χ0v) is 15.0. The number of para-hydroxylation sites is 2. The fraction of sp³-hybridized carbons (Fsp3) is 0.381. The van der Waals surface area contributed by atoms with Crippen LogP contribution in [0.4, 0.5) is 0 Å². The highest BCUT2D eigenvalue weighted by Crippen LogP contribution is 2.24. The summed E-state index contributed by atoms with van der Waals surface area (Å²) in [5, 5.41) is 0. The number of imidazole rings is 1. The molecule has 0 aliphatic rings. The molecule has 0 aliphatic carbocycles. The molecule has 3 rings (SSSR count). The molecule has 0 aliphatic heterocycles. The van der Waals surface area contributed by atoms with Crippen molar-refractivity contribution in [2.45, 2.75) is 33.2 Å². The molecule has 1 aromatic heterocycles. The predicted octanol–water partition coefficient (Wildman–Crippen LogP) is 4.86. The second kappa shape index (κ2) is 7.63. The number of rotatable bonds is 7. The summed E-state index contributed by atoms with van der Waals surface area (Å²) in [5.74, 6) is 1.04. The van der Waals surface area contributed by atoms with Crippen LogP contribution in [0.2, 0.25) is 0 Å². The molecule has 126 valence electrons. The van der Waals surface area contributed by atoms with Crippen LogP contribution in [0, 0.1) is 0 Å². The van der Waals surface area contributed by atoms with Gasteiger partial charge >= 0.3 is 0 Å². The largest absolute Gasteiger partial charge is 0.327 e. The Labute approximate surface area is 144 Å². The van der Waals surface area contributed by atoms with Crippen LogP contribution < -0.4 is 0 Å².